The fourth-order valence-electron chi connectivity index (χ4n) is 3.30. The molecule has 31 heavy (non-hydrogen) atoms. The Labute approximate surface area is 181 Å². The lowest BCUT2D eigenvalue weighted by Gasteiger charge is -2.25. The molecule has 0 spiro atoms. The van der Waals surface area contributed by atoms with Crippen LogP contribution in [0.1, 0.15) is 25.5 Å². The van der Waals surface area contributed by atoms with Crippen molar-refractivity contribution in [3.05, 3.63) is 54.7 Å². The maximum atomic E-state index is 13.2. The molecule has 1 aliphatic heterocycles. The van der Waals surface area contributed by atoms with Crippen LogP contribution in [0.5, 0.6) is 11.5 Å². The van der Waals surface area contributed by atoms with E-state index < -0.39 is 23.5 Å². The summed E-state index contributed by atoms with van der Waals surface area (Å²) in [4.78, 5) is 42.5. The number of hydrogen-bond donors (Lipinski definition) is 0. The Hall–Kier alpha value is -3.40. The van der Waals surface area contributed by atoms with Crippen LogP contribution in [0.2, 0.25) is 0 Å². The smallest absolute Gasteiger partial charge is 0.338 e. The molecule has 1 aromatic heterocycles. The van der Waals surface area contributed by atoms with Gasteiger partial charge in [-0.15, -0.1) is 0 Å². The fourth-order valence-corrected chi connectivity index (χ4v) is 4.30. The first kappa shape index (κ1) is 22.3. The highest BCUT2D eigenvalue weighted by molar-refractivity contribution is 7.07. The number of aromatic nitrogens is 1. The van der Waals surface area contributed by atoms with Gasteiger partial charge in [0.2, 0.25) is 0 Å². The summed E-state index contributed by atoms with van der Waals surface area (Å²) in [6.45, 7) is 3.54. The van der Waals surface area contributed by atoms with Crippen molar-refractivity contribution in [1.29, 1.82) is 0 Å². The zero-order valence-corrected chi connectivity index (χ0v) is 18.6. The monoisotopic (exact) mass is 446 g/mol. The van der Waals surface area contributed by atoms with E-state index in [-0.39, 0.29) is 16.7 Å². The number of allylic oxidation sites excluding steroid dienone is 1. The number of fused-ring (bicyclic) bond motifs is 1. The van der Waals surface area contributed by atoms with E-state index >= 15 is 0 Å². The number of hydrogen-bond acceptors (Lipinski definition) is 9. The number of ether oxygens (including phenoxy) is 4. The van der Waals surface area contributed by atoms with Crippen LogP contribution in [0.25, 0.3) is 6.08 Å². The number of nitrogens with zero attached hydrogens (tertiary/aromatic N) is 2. The number of methoxy groups -OCH3 is 3. The van der Waals surface area contributed by atoms with Gasteiger partial charge in [0.15, 0.2) is 16.3 Å². The molecule has 0 bridgehead atoms. The van der Waals surface area contributed by atoms with Gasteiger partial charge in [-0.25, -0.2) is 14.6 Å². The third-order valence-corrected chi connectivity index (χ3v) is 5.67. The van der Waals surface area contributed by atoms with E-state index in [1.165, 1.54) is 25.9 Å². The van der Waals surface area contributed by atoms with Crippen molar-refractivity contribution < 1.29 is 28.5 Å². The van der Waals surface area contributed by atoms with E-state index in [1.54, 1.807) is 32.0 Å². The first-order valence-corrected chi connectivity index (χ1v) is 10.2. The van der Waals surface area contributed by atoms with Gasteiger partial charge in [-0.05, 0) is 31.5 Å². The Bertz CT molecular complexity index is 1240. The Morgan fingerprint density at radius 2 is 1.90 bits per heavy atom. The fraction of sp³-hybridized carbons (Fsp3) is 0.333. The molecule has 0 amide bonds. The molecule has 0 radical (unpaired) electrons. The van der Waals surface area contributed by atoms with E-state index in [2.05, 4.69) is 9.73 Å². The maximum Gasteiger partial charge on any atom is 0.338 e. The molecular weight excluding hydrogens is 424 g/mol. The normalized spacial score (nSPS) is 15.8. The standard InChI is InChI=1S/C21H22N2O7S/c1-6-30-20(26)17-11(2)22-21-23(19(25)15(31-21)10-16(24)29-5)18(17)12-7-8-13(27-3)14(9-12)28-4/h7-10,18H,6H2,1-5H3/b15-10-. The Morgan fingerprint density at radius 1 is 1.19 bits per heavy atom. The van der Waals surface area contributed by atoms with Crippen LogP contribution < -0.4 is 24.4 Å². The van der Waals surface area contributed by atoms with Crippen LogP contribution in [0.3, 0.4) is 0 Å². The van der Waals surface area contributed by atoms with Crippen molar-refractivity contribution in [2.45, 2.75) is 19.9 Å². The Balaban J connectivity index is 2.32. The minimum Gasteiger partial charge on any atom is -0.493 e. The second kappa shape index (κ2) is 9.17. The summed E-state index contributed by atoms with van der Waals surface area (Å²) in [6.07, 6.45) is 1.11. The first-order valence-electron chi connectivity index (χ1n) is 9.35. The molecule has 1 atom stereocenters. The SMILES string of the molecule is CCOC(=O)C1=C(C)N=c2s/c(=C\C(=O)OC)c(=O)n2C1c1ccc(OC)c(OC)c1. The Kier molecular flexibility index (Phi) is 6.59. The minimum atomic E-state index is -0.824. The summed E-state index contributed by atoms with van der Waals surface area (Å²) in [7, 11) is 4.24. The van der Waals surface area contributed by atoms with Gasteiger partial charge < -0.3 is 18.9 Å². The first-order chi connectivity index (χ1) is 14.9. The summed E-state index contributed by atoms with van der Waals surface area (Å²) in [5.41, 5.74) is 0.777. The van der Waals surface area contributed by atoms with E-state index in [0.717, 1.165) is 17.4 Å². The number of esters is 2. The van der Waals surface area contributed by atoms with Gasteiger partial charge in [0.25, 0.3) is 5.56 Å². The van der Waals surface area contributed by atoms with Crippen LogP contribution >= 0.6 is 11.3 Å². The summed E-state index contributed by atoms with van der Waals surface area (Å²) in [5.74, 6) is -0.294. The summed E-state index contributed by atoms with van der Waals surface area (Å²) >= 11 is 1.04. The van der Waals surface area contributed by atoms with Crippen molar-refractivity contribution in [1.82, 2.24) is 4.57 Å². The van der Waals surface area contributed by atoms with E-state index in [0.29, 0.717) is 27.6 Å². The summed E-state index contributed by atoms with van der Waals surface area (Å²) in [6, 6.07) is 4.30. The average Bonchev–Trinajstić information content (AvgIpc) is 3.06. The second-order valence-corrected chi connectivity index (χ2v) is 7.45. The van der Waals surface area contributed by atoms with E-state index in [4.69, 9.17) is 14.2 Å². The molecule has 10 heteroatoms. The number of rotatable bonds is 6. The number of benzene rings is 1. The summed E-state index contributed by atoms with van der Waals surface area (Å²) in [5, 5.41) is 0. The second-order valence-electron chi connectivity index (χ2n) is 6.44. The third kappa shape index (κ3) is 4.11. The highest BCUT2D eigenvalue weighted by atomic mass is 32.1. The molecule has 1 unspecified atom stereocenters. The van der Waals surface area contributed by atoms with Gasteiger partial charge in [0.05, 0.1) is 45.2 Å². The van der Waals surface area contributed by atoms with Crippen molar-refractivity contribution in [2.24, 2.45) is 4.99 Å². The van der Waals surface area contributed by atoms with Crippen LogP contribution in [0, 0.1) is 0 Å². The molecule has 2 aromatic rings. The number of carbonyl (C=O) groups excluding carboxylic acids is 2. The molecule has 1 aromatic carbocycles. The quantitative estimate of drug-likeness (QED) is 0.608. The number of thiazole rings is 1. The maximum absolute atomic E-state index is 13.2. The molecule has 1 aliphatic rings. The molecule has 0 fully saturated rings. The minimum absolute atomic E-state index is 0.147. The molecule has 0 N–H and O–H groups in total. The molecule has 0 saturated carbocycles. The Morgan fingerprint density at radius 3 is 2.52 bits per heavy atom. The molecule has 0 aliphatic carbocycles. The largest absolute Gasteiger partial charge is 0.493 e. The topological polar surface area (TPSA) is 105 Å². The van der Waals surface area contributed by atoms with Crippen LogP contribution in [-0.4, -0.2) is 44.4 Å². The zero-order chi connectivity index (χ0) is 22.7. The predicted molar refractivity (Wildman–Crippen MR) is 113 cm³/mol. The average molecular weight is 446 g/mol. The van der Waals surface area contributed by atoms with E-state index in [1.807, 2.05) is 0 Å². The van der Waals surface area contributed by atoms with Gasteiger partial charge in [-0.1, -0.05) is 17.4 Å². The van der Waals surface area contributed by atoms with Crippen LogP contribution in [0.15, 0.2) is 39.3 Å². The van der Waals surface area contributed by atoms with Gasteiger partial charge >= 0.3 is 11.9 Å². The van der Waals surface area contributed by atoms with Crippen LogP contribution in [0.4, 0.5) is 0 Å². The van der Waals surface area contributed by atoms with Gasteiger partial charge in [-0.3, -0.25) is 9.36 Å². The van der Waals surface area contributed by atoms with Gasteiger partial charge in [0, 0.05) is 6.08 Å². The molecule has 164 valence electrons. The van der Waals surface area contributed by atoms with Crippen LogP contribution in [-0.2, 0) is 19.1 Å². The number of carbonyl (C=O) groups is 2. The van der Waals surface area contributed by atoms with Crippen molar-refractivity contribution >= 4 is 29.4 Å². The predicted octanol–water partition coefficient (Wildman–Crippen LogP) is 0.940. The summed E-state index contributed by atoms with van der Waals surface area (Å²) < 4.78 is 22.1. The van der Waals surface area contributed by atoms with E-state index in [9.17, 15) is 14.4 Å². The lowest BCUT2D eigenvalue weighted by atomic mass is 9.95. The highest BCUT2D eigenvalue weighted by Crippen LogP contribution is 2.35. The third-order valence-electron chi connectivity index (χ3n) is 4.69. The lowest BCUT2D eigenvalue weighted by molar-refractivity contribution is -0.139. The molecule has 3 rings (SSSR count). The molecule has 2 heterocycles. The molecular formula is C21H22N2O7S. The lowest BCUT2D eigenvalue weighted by Crippen LogP contribution is -2.40. The van der Waals surface area contributed by atoms with Gasteiger partial charge in [-0.2, -0.15) is 0 Å². The highest BCUT2D eigenvalue weighted by Gasteiger charge is 2.34. The van der Waals surface area contributed by atoms with Gasteiger partial charge in [0.1, 0.15) is 4.53 Å². The molecule has 0 saturated heterocycles. The molecule has 9 nitrogen and oxygen atoms in total. The van der Waals surface area contributed by atoms with Crippen molar-refractivity contribution in [2.75, 3.05) is 27.9 Å². The van der Waals surface area contributed by atoms with Crippen molar-refractivity contribution in [3.8, 4) is 11.5 Å². The zero-order valence-electron chi connectivity index (χ0n) is 17.8. The van der Waals surface area contributed by atoms with Crippen molar-refractivity contribution in [3.63, 3.8) is 0 Å².